The first-order chi connectivity index (χ1) is 7.95. The molecule has 0 spiro atoms. The molecule has 94 valence electrons. The average molecular weight is 258 g/mol. The Morgan fingerprint density at radius 1 is 1.29 bits per heavy atom. The van der Waals surface area contributed by atoms with Crippen LogP contribution in [0, 0.1) is 0 Å². The number of carbonyl (C=O) groups excluding carboxylic acids is 1. The highest BCUT2D eigenvalue weighted by molar-refractivity contribution is 7.89. The number of hydrogen-bond acceptors (Lipinski definition) is 4. The second-order valence-corrected chi connectivity index (χ2v) is 5.08. The second kappa shape index (κ2) is 5.65. The average Bonchev–Trinajstić information content (AvgIpc) is 2.29. The standard InChI is InChI=1S/C10H14N2O4S/c1-11-10(14)6-7-12-17(15,16)9-4-2-8(13)3-5-9/h2-5,12-13H,6-7H2,1H3,(H,11,14). The van der Waals surface area contributed by atoms with Crippen LogP contribution in [0.3, 0.4) is 0 Å². The molecule has 0 aromatic heterocycles. The Morgan fingerprint density at radius 3 is 2.41 bits per heavy atom. The monoisotopic (exact) mass is 258 g/mol. The van der Waals surface area contributed by atoms with Crippen LogP contribution in [0.15, 0.2) is 29.2 Å². The molecule has 0 fully saturated rings. The highest BCUT2D eigenvalue weighted by Crippen LogP contribution is 2.13. The van der Waals surface area contributed by atoms with Gasteiger partial charge in [-0.25, -0.2) is 13.1 Å². The molecule has 0 aliphatic carbocycles. The number of aromatic hydroxyl groups is 1. The molecule has 17 heavy (non-hydrogen) atoms. The van der Waals surface area contributed by atoms with Gasteiger partial charge in [-0.2, -0.15) is 0 Å². The molecule has 0 aliphatic heterocycles. The van der Waals surface area contributed by atoms with Crippen molar-refractivity contribution >= 4 is 15.9 Å². The van der Waals surface area contributed by atoms with Gasteiger partial charge in [0.25, 0.3) is 0 Å². The number of rotatable bonds is 5. The summed E-state index contributed by atoms with van der Waals surface area (Å²) in [7, 11) is -2.14. The van der Waals surface area contributed by atoms with Gasteiger partial charge in [0.1, 0.15) is 5.75 Å². The Labute approximate surface area is 99.7 Å². The van der Waals surface area contributed by atoms with Gasteiger partial charge in [0, 0.05) is 20.0 Å². The molecule has 0 aliphatic rings. The van der Waals surface area contributed by atoms with Crippen LogP contribution >= 0.6 is 0 Å². The molecular formula is C10H14N2O4S. The lowest BCUT2D eigenvalue weighted by atomic mass is 10.3. The Hall–Kier alpha value is -1.60. The number of sulfonamides is 1. The fourth-order valence-electron chi connectivity index (χ4n) is 1.13. The Morgan fingerprint density at radius 2 is 1.88 bits per heavy atom. The molecule has 0 bridgehead atoms. The quantitative estimate of drug-likeness (QED) is 0.682. The van der Waals surface area contributed by atoms with E-state index in [-0.39, 0.29) is 29.5 Å². The van der Waals surface area contributed by atoms with Crippen molar-refractivity contribution < 1.29 is 18.3 Å². The van der Waals surface area contributed by atoms with E-state index in [4.69, 9.17) is 5.11 Å². The first-order valence-corrected chi connectivity index (χ1v) is 6.43. The van der Waals surface area contributed by atoms with Gasteiger partial charge in [-0.05, 0) is 24.3 Å². The third-order valence-corrected chi connectivity index (χ3v) is 3.55. The first kappa shape index (κ1) is 13.5. The van der Waals surface area contributed by atoms with E-state index in [2.05, 4.69) is 10.0 Å². The van der Waals surface area contributed by atoms with Crippen molar-refractivity contribution in [2.24, 2.45) is 0 Å². The van der Waals surface area contributed by atoms with Gasteiger partial charge in [-0.3, -0.25) is 4.79 Å². The van der Waals surface area contributed by atoms with E-state index in [1.807, 2.05) is 0 Å². The topological polar surface area (TPSA) is 95.5 Å². The van der Waals surface area contributed by atoms with Gasteiger partial charge < -0.3 is 10.4 Å². The Bertz CT molecular complexity index is 482. The highest BCUT2D eigenvalue weighted by Gasteiger charge is 2.13. The van der Waals surface area contributed by atoms with Gasteiger partial charge in [-0.1, -0.05) is 0 Å². The summed E-state index contributed by atoms with van der Waals surface area (Å²) in [6.45, 7) is 0.0306. The summed E-state index contributed by atoms with van der Waals surface area (Å²) in [6, 6.07) is 5.15. The van der Waals surface area contributed by atoms with Crippen molar-refractivity contribution in [1.29, 1.82) is 0 Å². The predicted molar refractivity (Wildman–Crippen MR) is 62.0 cm³/mol. The lowest BCUT2D eigenvalue weighted by Gasteiger charge is -2.06. The molecule has 1 amide bonds. The number of phenols is 1. The van der Waals surface area contributed by atoms with E-state index in [1.165, 1.54) is 31.3 Å². The van der Waals surface area contributed by atoms with Crippen LogP contribution in [-0.4, -0.2) is 33.0 Å². The van der Waals surface area contributed by atoms with Gasteiger partial charge in [0.15, 0.2) is 0 Å². The molecule has 1 aromatic carbocycles. The van der Waals surface area contributed by atoms with Crippen LogP contribution in [0.5, 0.6) is 5.75 Å². The van der Waals surface area contributed by atoms with Gasteiger partial charge >= 0.3 is 0 Å². The van der Waals surface area contributed by atoms with Crippen LogP contribution in [0.4, 0.5) is 0 Å². The highest BCUT2D eigenvalue weighted by atomic mass is 32.2. The summed E-state index contributed by atoms with van der Waals surface area (Å²) in [4.78, 5) is 10.9. The fourth-order valence-corrected chi connectivity index (χ4v) is 2.16. The summed E-state index contributed by atoms with van der Waals surface area (Å²) in [5.41, 5.74) is 0. The molecular weight excluding hydrogens is 244 g/mol. The minimum Gasteiger partial charge on any atom is -0.508 e. The fraction of sp³-hybridized carbons (Fsp3) is 0.300. The lowest BCUT2D eigenvalue weighted by molar-refractivity contribution is -0.120. The molecule has 0 unspecified atom stereocenters. The van der Waals surface area contributed by atoms with E-state index in [0.717, 1.165) is 0 Å². The number of hydrogen-bond donors (Lipinski definition) is 3. The Kier molecular flexibility index (Phi) is 4.47. The van der Waals surface area contributed by atoms with Crippen LogP contribution in [0.2, 0.25) is 0 Å². The smallest absolute Gasteiger partial charge is 0.240 e. The van der Waals surface area contributed by atoms with E-state index >= 15 is 0 Å². The number of amides is 1. The summed E-state index contributed by atoms with van der Waals surface area (Å²) >= 11 is 0. The normalized spacial score (nSPS) is 11.1. The van der Waals surface area contributed by atoms with Crippen molar-refractivity contribution in [2.75, 3.05) is 13.6 Å². The summed E-state index contributed by atoms with van der Waals surface area (Å²) < 4.78 is 25.7. The van der Waals surface area contributed by atoms with E-state index in [1.54, 1.807) is 0 Å². The van der Waals surface area contributed by atoms with Crippen LogP contribution in [0.25, 0.3) is 0 Å². The second-order valence-electron chi connectivity index (χ2n) is 3.31. The zero-order valence-electron chi connectivity index (χ0n) is 9.30. The van der Waals surface area contributed by atoms with E-state index in [0.29, 0.717) is 0 Å². The maximum Gasteiger partial charge on any atom is 0.240 e. The van der Waals surface area contributed by atoms with Gasteiger partial charge in [0.05, 0.1) is 4.90 Å². The van der Waals surface area contributed by atoms with Crippen LogP contribution in [-0.2, 0) is 14.8 Å². The van der Waals surface area contributed by atoms with Crippen molar-refractivity contribution in [1.82, 2.24) is 10.0 Å². The zero-order valence-corrected chi connectivity index (χ0v) is 10.1. The minimum absolute atomic E-state index is 0.00527. The van der Waals surface area contributed by atoms with Crippen LogP contribution in [0.1, 0.15) is 6.42 Å². The number of nitrogens with one attached hydrogen (secondary N) is 2. The largest absolute Gasteiger partial charge is 0.508 e. The van der Waals surface area contributed by atoms with Crippen molar-refractivity contribution in [3.05, 3.63) is 24.3 Å². The molecule has 0 saturated heterocycles. The molecule has 7 heteroatoms. The van der Waals surface area contributed by atoms with E-state index < -0.39 is 10.0 Å². The third-order valence-electron chi connectivity index (χ3n) is 2.07. The zero-order chi connectivity index (χ0) is 12.9. The molecule has 3 N–H and O–H groups in total. The maximum absolute atomic E-state index is 11.7. The number of benzene rings is 1. The molecule has 0 saturated carbocycles. The van der Waals surface area contributed by atoms with Gasteiger partial charge in [-0.15, -0.1) is 0 Å². The molecule has 1 aromatic rings. The summed E-state index contributed by atoms with van der Waals surface area (Å²) in [5, 5.41) is 11.4. The van der Waals surface area contributed by atoms with E-state index in [9.17, 15) is 13.2 Å². The summed E-state index contributed by atoms with van der Waals surface area (Å²) in [5.74, 6) is -0.243. The molecule has 6 nitrogen and oxygen atoms in total. The van der Waals surface area contributed by atoms with Crippen LogP contribution < -0.4 is 10.0 Å². The number of phenolic OH excluding ortho intramolecular Hbond substituents is 1. The Balaban J connectivity index is 2.63. The number of carbonyl (C=O) groups is 1. The van der Waals surface area contributed by atoms with Gasteiger partial charge in [0.2, 0.25) is 15.9 Å². The maximum atomic E-state index is 11.7. The minimum atomic E-state index is -3.62. The summed E-state index contributed by atoms with van der Waals surface area (Å²) in [6.07, 6.45) is 0.0772. The SMILES string of the molecule is CNC(=O)CCNS(=O)(=O)c1ccc(O)cc1. The first-order valence-electron chi connectivity index (χ1n) is 4.95. The third kappa shape index (κ3) is 4.04. The molecule has 0 radical (unpaired) electrons. The van der Waals surface area contributed by atoms with Crippen molar-refractivity contribution in [2.45, 2.75) is 11.3 Å². The molecule has 0 atom stereocenters. The van der Waals surface area contributed by atoms with Crippen molar-refractivity contribution in [3.63, 3.8) is 0 Å². The molecule has 1 rings (SSSR count). The lowest BCUT2D eigenvalue weighted by Crippen LogP contribution is -2.29. The predicted octanol–water partition coefficient (Wildman–Crippen LogP) is -0.193. The van der Waals surface area contributed by atoms with Crippen molar-refractivity contribution in [3.8, 4) is 5.75 Å². The molecule has 0 heterocycles.